The van der Waals surface area contributed by atoms with E-state index in [1.807, 2.05) is 32.9 Å². The number of fused-ring (bicyclic) bond motifs is 1. The van der Waals surface area contributed by atoms with Gasteiger partial charge in [0, 0.05) is 5.41 Å². The molecule has 0 saturated carbocycles. The highest BCUT2D eigenvalue weighted by atomic mass is 79.9. The van der Waals surface area contributed by atoms with Crippen LogP contribution in [0.1, 0.15) is 20.8 Å². The van der Waals surface area contributed by atoms with Crippen LogP contribution >= 0.6 is 15.9 Å². The molecule has 0 unspecified atom stereocenters. The first-order valence-corrected chi connectivity index (χ1v) is 5.98. The van der Waals surface area contributed by atoms with E-state index in [1.54, 1.807) is 4.52 Å². The zero-order valence-electron chi connectivity index (χ0n) is 9.86. The Morgan fingerprint density at radius 1 is 1.41 bits per heavy atom. The Morgan fingerprint density at radius 3 is 2.76 bits per heavy atom. The van der Waals surface area contributed by atoms with Gasteiger partial charge in [-0.25, -0.2) is 9.50 Å². The maximum Gasteiger partial charge on any atom is 0.230 e. The van der Waals surface area contributed by atoms with Crippen LogP contribution in [0.4, 0.5) is 5.82 Å². The van der Waals surface area contributed by atoms with E-state index in [2.05, 4.69) is 31.3 Å². The molecule has 0 atom stereocenters. The molecule has 17 heavy (non-hydrogen) atoms. The molecule has 0 aliphatic rings. The SMILES string of the molecule is CC(C)(C)C(=O)Nc1ncnn2c(Br)ccc12. The maximum atomic E-state index is 11.9. The van der Waals surface area contributed by atoms with Gasteiger partial charge >= 0.3 is 0 Å². The monoisotopic (exact) mass is 296 g/mol. The van der Waals surface area contributed by atoms with Crippen molar-refractivity contribution in [3.05, 3.63) is 23.1 Å². The van der Waals surface area contributed by atoms with Crippen LogP contribution in [-0.2, 0) is 4.79 Å². The number of nitrogens with zero attached hydrogens (tertiary/aromatic N) is 3. The Balaban J connectivity index is 2.40. The number of anilines is 1. The first-order valence-electron chi connectivity index (χ1n) is 5.19. The topological polar surface area (TPSA) is 59.3 Å². The molecule has 5 nitrogen and oxygen atoms in total. The Labute approximate surface area is 107 Å². The molecular formula is C11H13BrN4O. The average Bonchev–Trinajstić information content (AvgIpc) is 2.60. The van der Waals surface area contributed by atoms with Gasteiger partial charge in [-0.2, -0.15) is 5.10 Å². The number of nitrogens with one attached hydrogen (secondary N) is 1. The second-order valence-corrected chi connectivity index (χ2v) is 5.58. The summed E-state index contributed by atoms with van der Waals surface area (Å²) in [4.78, 5) is 16.0. The zero-order valence-corrected chi connectivity index (χ0v) is 11.4. The van der Waals surface area contributed by atoms with Gasteiger partial charge in [-0.1, -0.05) is 20.8 Å². The lowest BCUT2D eigenvalue weighted by atomic mass is 9.96. The molecule has 0 radical (unpaired) electrons. The molecule has 0 saturated heterocycles. The molecule has 0 spiro atoms. The first-order chi connectivity index (χ1) is 7.89. The highest BCUT2D eigenvalue weighted by Crippen LogP contribution is 2.22. The minimum absolute atomic E-state index is 0.0737. The Hall–Kier alpha value is -1.43. The van der Waals surface area contributed by atoms with Gasteiger partial charge in [0.25, 0.3) is 0 Å². The lowest BCUT2D eigenvalue weighted by Crippen LogP contribution is -2.28. The maximum absolute atomic E-state index is 11.9. The van der Waals surface area contributed by atoms with Crippen molar-refractivity contribution in [1.29, 1.82) is 0 Å². The fraction of sp³-hybridized carbons (Fsp3) is 0.364. The largest absolute Gasteiger partial charge is 0.308 e. The lowest BCUT2D eigenvalue weighted by molar-refractivity contribution is -0.123. The van der Waals surface area contributed by atoms with Crippen molar-refractivity contribution < 1.29 is 4.79 Å². The number of carbonyl (C=O) groups is 1. The quantitative estimate of drug-likeness (QED) is 0.879. The fourth-order valence-corrected chi connectivity index (χ4v) is 1.71. The molecule has 2 aromatic rings. The van der Waals surface area contributed by atoms with Crippen LogP contribution < -0.4 is 5.32 Å². The normalized spacial score (nSPS) is 11.8. The number of rotatable bonds is 1. The fourth-order valence-electron chi connectivity index (χ4n) is 1.29. The number of amides is 1. The molecule has 2 rings (SSSR count). The van der Waals surface area contributed by atoms with Gasteiger partial charge in [0.1, 0.15) is 16.4 Å². The van der Waals surface area contributed by atoms with Crippen LogP contribution in [0.15, 0.2) is 23.1 Å². The van der Waals surface area contributed by atoms with Gasteiger partial charge < -0.3 is 5.32 Å². The van der Waals surface area contributed by atoms with E-state index in [0.29, 0.717) is 5.82 Å². The van der Waals surface area contributed by atoms with Crippen LogP contribution in [-0.4, -0.2) is 20.5 Å². The Kier molecular flexibility index (Phi) is 2.91. The van der Waals surface area contributed by atoms with Crippen LogP contribution in [0.5, 0.6) is 0 Å². The van der Waals surface area contributed by atoms with Crippen LogP contribution in [0.2, 0.25) is 0 Å². The molecule has 1 N–H and O–H groups in total. The summed E-state index contributed by atoms with van der Waals surface area (Å²) in [5, 5.41) is 6.88. The number of aromatic nitrogens is 3. The molecule has 2 heterocycles. The third-order valence-electron chi connectivity index (χ3n) is 2.32. The highest BCUT2D eigenvalue weighted by molar-refractivity contribution is 9.10. The second kappa shape index (κ2) is 4.10. The van der Waals surface area contributed by atoms with Crippen LogP contribution in [0, 0.1) is 5.41 Å². The van der Waals surface area contributed by atoms with Crippen molar-refractivity contribution in [3.63, 3.8) is 0 Å². The minimum atomic E-state index is -0.453. The van der Waals surface area contributed by atoms with Crippen molar-refractivity contribution in [3.8, 4) is 0 Å². The predicted octanol–water partition coefficient (Wildman–Crippen LogP) is 2.48. The summed E-state index contributed by atoms with van der Waals surface area (Å²) in [6.07, 6.45) is 1.41. The number of hydrogen-bond donors (Lipinski definition) is 1. The third-order valence-corrected chi connectivity index (χ3v) is 2.92. The van der Waals surface area contributed by atoms with Crippen molar-refractivity contribution in [1.82, 2.24) is 14.6 Å². The van der Waals surface area contributed by atoms with Gasteiger partial charge in [-0.05, 0) is 28.1 Å². The van der Waals surface area contributed by atoms with Gasteiger partial charge in [-0.15, -0.1) is 0 Å². The zero-order chi connectivity index (χ0) is 12.6. The molecule has 0 bridgehead atoms. The lowest BCUT2D eigenvalue weighted by Gasteiger charge is -2.17. The van der Waals surface area contributed by atoms with E-state index in [9.17, 15) is 4.79 Å². The van der Waals surface area contributed by atoms with E-state index < -0.39 is 5.41 Å². The number of hydrogen-bond acceptors (Lipinski definition) is 3. The third kappa shape index (κ3) is 2.31. The molecule has 2 aromatic heterocycles. The molecule has 90 valence electrons. The summed E-state index contributed by atoms with van der Waals surface area (Å²) in [7, 11) is 0. The van der Waals surface area contributed by atoms with Gasteiger partial charge in [-0.3, -0.25) is 4.79 Å². The van der Waals surface area contributed by atoms with Gasteiger partial charge in [0.05, 0.1) is 0 Å². The standard InChI is InChI=1S/C11H13BrN4O/c1-11(2,3)10(17)15-9-7-4-5-8(12)16(7)14-6-13-9/h4-6H,1-3H3,(H,13,14,15,17). The summed E-state index contributed by atoms with van der Waals surface area (Å²) in [6, 6.07) is 3.71. The summed E-state index contributed by atoms with van der Waals surface area (Å²) < 4.78 is 2.49. The van der Waals surface area contributed by atoms with Crippen molar-refractivity contribution >= 4 is 33.2 Å². The number of carbonyl (C=O) groups excluding carboxylic acids is 1. The van der Waals surface area contributed by atoms with Crippen LogP contribution in [0.3, 0.4) is 0 Å². The van der Waals surface area contributed by atoms with E-state index in [1.165, 1.54) is 6.33 Å². The second-order valence-electron chi connectivity index (χ2n) is 4.77. The van der Waals surface area contributed by atoms with Crippen molar-refractivity contribution in [2.45, 2.75) is 20.8 Å². The predicted molar refractivity (Wildman–Crippen MR) is 68.8 cm³/mol. The molecule has 0 aliphatic carbocycles. The number of halogens is 1. The summed E-state index contributed by atoms with van der Waals surface area (Å²) >= 11 is 3.37. The van der Waals surface area contributed by atoms with Crippen molar-refractivity contribution in [2.24, 2.45) is 5.41 Å². The minimum Gasteiger partial charge on any atom is -0.308 e. The van der Waals surface area contributed by atoms with E-state index >= 15 is 0 Å². The smallest absolute Gasteiger partial charge is 0.230 e. The van der Waals surface area contributed by atoms with Crippen LogP contribution in [0.25, 0.3) is 5.52 Å². The Bertz CT molecular complexity index is 570. The van der Waals surface area contributed by atoms with E-state index in [0.717, 1.165) is 10.1 Å². The average molecular weight is 297 g/mol. The van der Waals surface area contributed by atoms with Gasteiger partial charge in [0.2, 0.25) is 5.91 Å². The molecule has 6 heteroatoms. The van der Waals surface area contributed by atoms with Crippen molar-refractivity contribution in [2.75, 3.05) is 5.32 Å². The first kappa shape index (κ1) is 12.0. The summed E-state index contributed by atoms with van der Waals surface area (Å²) in [6.45, 7) is 5.57. The van der Waals surface area contributed by atoms with Gasteiger partial charge in [0.15, 0.2) is 5.82 Å². The van der Waals surface area contributed by atoms with E-state index in [4.69, 9.17) is 0 Å². The molecule has 0 aromatic carbocycles. The summed E-state index contributed by atoms with van der Waals surface area (Å²) in [5.41, 5.74) is 0.308. The molecule has 1 amide bonds. The Morgan fingerprint density at radius 2 is 2.12 bits per heavy atom. The molecule has 0 fully saturated rings. The highest BCUT2D eigenvalue weighted by Gasteiger charge is 2.22. The summed E-state index contributed by atoms with van der Waals surface area (Å²) in [5.74, 6) is 0.445. The molecule has 0 aliphatic heterocycles. The van der Waals surface area contributed by atoms with E-state index in [-0.39, 0.29) is 5.91 Å². The molecular weight excluding hydrogens is 284 g/mol.